The zero-order chi connectivity index (χ0) is 17.0. The molecule has 1 saturated carbocycles. The first-order chi connectivity index (χ1) is 10.8. The highest BCUT2D eigenvalue weighted by atomic mass is 35.5. The lowest BCUT2D eigenvalue weighted by Gasteiger charge is -2.22. The Balaban J connectivity index is 2.08. The van der Waals surface area contributed by atoms with Crippen molar-refractivity contribution in [2.24, 2.45) is 0 Å². The number of hydrogen-bond acceptors (Lipinski definition) is 4. The summed E-state index contributed by atoms with van der Waals surface area (Å²) in [6.07, 6.45) is 6.55. The third-order valence-electron chi connectivity index (χ3n) is 3.86. The van der Waals surface area contributed by atoms with E-state index in [9.17, 15) is 17.6 Å². The molecule has 0 radical (unpaired) electrons. The number of carbonyl (C=O) groups is 1. The smallest absolute Gasteiger partial charge is 0.180 e. The number of hydrogen-bond donors (Lipinski definition) is 0. The predicted molar refractivity (Wildman–Crippen MR) is 87.1 cm³/mol. The van der Waals surface area contributed by atoms with Crippen molar-refractivity contribution >= 4 is 27.2 Å². The molecular formula is C16H20ClFO4S. The molecule has 1 fully saturated rings. The molecule has 7 heteroatoms. The van der Waals surface area contributed by atoms with Crippen molar-refractivity contribution in [3.63, 3.8) is 0 Å². The third-order valence-corrected chi connectivity index (χ3v) is 4.99. The van der Waals surface area contributed by atoms with Gasteiger partial charge in [0.1, 0.15) is 11.6 Å². The molecule has 0 aromatic heterocycles. The van der Waals surface area contributed by atoms with Gasteiger partial charge in [0.25, 0.3) is 0 Å². The quantitative estimate of drug-likeness (QED) is 0.726. The maximum Gasteiger partial charge on any atom is 0.180 e. The predicted octanol–water partition coefficient (Wildman–Crippen LogP) is 3.56. The number of sulfone groups is 1. The van der Waals surface area contributed by atoms with Gasteiger partial charge in [0.2, 0.25) is 0 Å². The number of carbonyl (C=O) groups excluding carboxylic acids is 1. The van der Waals surface area contributed by atoms with Crippen molar-refractivity contribution in [2.45, 2.75) is 44.8 Å². The Morgan fingerprint density at radius 1 is 1.30 bits per heavy atom. The highest BCUT2D eigenvalue weighted by molar-refractivity contribution is 7.91. The fourth-order valence-corrected chi connectivity index (χ4v) is 3.52. The van der Waals surface area contributed by atoms with Gasteiger partial charge in [0, 0.05) is 11.3 Å². The fourth-order valence-electron chi connectivity index (χ4n) is 2.67. The number of benzene rings is 1. The van der Waals surface area contributed by atoms with Gasteiger partial charge < -0.3 is 4.74 Å². The van der Waals surface area contributed by atoms with Crippen LogP contribution in [0.1, 0.15) is 48.0 Å². The van der Waals surface area contributed by atoms with Crippen LogP contribution in [0.25, 0.3) is 0 Å². The van der Waals surface area contributed by atoms with E-state index in [2.05, 4.69) is 0 Å². The summed E-state index contributed by atoms with van der Waals surface area (Å²) in [5.41, 5.74) is 0.160. The topological polar surface area (TPSA) is 60.4 Å². The average Bonchev–Trinajstić information content (AvgIpc) is 2.47. The zero-order valence-electron chi connectivity index (χ0n) is 13.0. The van der Waals surface area contributed by atoms with Crippen LogP contribution in [0.4, 0.5) is 4.39 Å². The summed E-state index contributed by atoms with van der Waals surface area (Å²) in [7, 11) is -3.52. The minimum Gasteiger partial charge on any atom is -0.373 e. The van der Waals surface area contributed by atoms with Crippen molar-refractivity contribution < 1.29 is 22.3 Å². The van der Waals surface area contributed by atoms with E-state index < -0.39 is 27.2 Å². The van der Waals surface area contributed by atoms with E-state index in [4.69, 9.17) is 16.3 Å². The minimum atomic E-state index is -3.52. The van der Waals surface area contributed by atoms with Gasteiger partial charge in [-0.1, -0.05) is 30.9 Å². The molecule has 0 amide bonds. The van der Waals surface area contributed by atoms with Gasteiger partial charge in [0.15, 0.2) is 15.6 Å². The van der Waals surface area contributed by atoms with E-state index in [-0.39, 0.29) is 23.3 Å². The molecular weight excluding hydrogens is 343 g/mol. The molecule has 4 nitrogen and oxygen atoms in total. The molecule has 1 aliphatic carbocycles. The van der Waals surface area contributed by atoms with Crippen LogP contribution in [-0.2, 0) is 21.2 Å². The molecule has 0 atom stereocenters. The Bertz CT molecular complexity index is 682. The molecule has 128 valence electrons. The normalized spacial score (nSPS) is 16.5. The fraction of sp³-hybridized carbons (Fsp3) is 0.562. The van der Waals surface area contributed by atoms with Crippen LogP contribution in [0.2, 0.25) is 5.02 Å². The Morgan fingerprint density at radius 2 is 1.96 bits per heavy atom. The average molecular weight is 363 g/mol. The molecule has 2 rings (SSSR count). The summed E-state index contributed by atoms with van der Waals surface area (Å²) in [4.78, 5) is 11.8. The van der Waals surface area contributed by atoms with Gasteiger partial charge in [-0.3, -0.25) is 4.79 Å². The summed E-state index contributed by atoms with van der Waals surface area (Å²) in [5, 5.41) is 0.207. The van der Waals surface area contributed by atoms with Gasteiger partial charge in [0.05, 0.1) is 18.3 Å². The number of Topliss-reactive ketones (excluding diaryl/α,β-unsaturated/α-hetero) is 1. The molecule has 1 aromatic carbocycles. The Labute approximate surface area is 140 Å². The standard InChI is InChI=1S/C16H20ClFO4S/c1-23(20,21)10-16(19)13-8-14(17)11(7-15(13)18)9-22-12-5-3-2-4-6-12/h7-8,12H,2-6,9-10H2,1H3. The highest BCUT2D eigenvalue weighted by Crippen LogP contribution is 2.25. The number of ether oxygens (including phenoxy) is 1. The van der Waals surface area contributed by atoms with E-state index in [1.165, 1.54) is 12.5 Å². The minimum absolute atomic E-state index is 0.162. The maximum absolute atomic E-state index is 14.1. The van der Waals surface area contributed by atoms with Gasteiger partial charge >= 0.3 is 0 Å². The molecule has 0 saturated heterocycles. The Morgan fingerprint density at radius 3 is 2.57 bits per heavy atom. The Hall–Kier alpha value is -0.980. The van der Waals surface area contributed by atoms with Crippen LogP contribution in [0.15, 0.2) is 12.1 Å². The van der Waals surface area contributed by atoms with E-state index >= 15 is 0 Å². The van der Waals surface area contributed by atoms with Crippen molar-refractivity contribution in [2.75, 3.05) is 12.0 Å². The maximum atomic E-state index is 14.1. The van der Waals surface area contributed by atoms with E-state index in [1.54, 1.807) is 0 Å². The summed E-state index contributed by atoms with van der Waals surface area (Å²) in [5.74, 6) is -2.31. The molecule has 23 heavy (non-hydrogen) atoms. The third kappa shape index (κ3) is 5.55. The van der Waals surface area contributed by atoms with Gasteiger partial charge in [-0.2, -0.15) is 0 Å². The van der Waals surface area contributed by atoms with Crippen LogP contribution >= 0.6 is 11.6 Å². The van der Waals surface area contributed by atoms with Crippen molar-refractivity contribution in [3.05, 3.63) is 34.1 Å². The second kappa shape index (κ2) is 7.73. The molecule has 0 heterocycles. The van der Waals surface area contributed by atoms with E-state index in [0.29, 0.717) is 5.56 Å². The van der Waals surface area contributed by atoms with Crippen molar-refractivity contribution in [3.8, 4) is 0 Å². The van der Waals surface area contributed by atoms with E-state index in [1.807, 2.05) is 0 Å². The van der Waals surface area contributed by atoms with Gasteiger partial charge in [-0.15, -0.1) is 0 Å². The monoisotopic (exact) mass is 362 g/mol. The van der Waals surface area contributed by atoms with E-state index in [0.717, 1.165) is 38.0 Å². The SMILES string of the molecule is CS(=O)(=O)CC(=O)c1cc(Cl)c(COC2CCCCC2)cc1F. The second-order valence-electron chi connectivity index (χ2n) is 5.99. The van der Waals surface area contributed by atoms with Crippen LogP contribution in [-0.4, -0.2) is 32.3 Å². The lowest BCUT2D eigenvalue weighted by atomic mass is 9.98. The molecule has 1 aromatic rings. The van der Waals surface area contributed by atoms with Crippen molar-refractivity contribution in [1.82, 2.24) is 0 Å². The Kier molecular flexibility index (Phi) is 6.17. The van der Waals surface area contributed by atoms with Crippen molar-refractivity contribution in [1.29, 1.82) is 0 Å². The molecule has 0 bridgehead atoms. The molecule has 0 unspecified atom stereocenters. The number of rotatable bonds is 6. The first kappa shape index (κ1) is 18.4. The number of ketones is 1. The number of halogens is 2. The summed E-state index contributed by atoms with van der Waals surface area (Å²) < 4.78 is 42.2. The van der Waals surface area contributed by atoms with Crippen LogP contribution in [0.3, 0.4) is 0 Å². The lowest BCUT2D eigenvalue weighted by Crippen LogP contribution is -2.17. The largest absolute Gasteiger partial charge is 0.373 e. The molecule has 0 spiro atoms. The summed E-state index contributed by atoms with van der Waals surface area (Å²) in [6, 6.07) is 2.34. The first-order valence-electron chi connectivity index (χ1n) is 7.57. The van der Waals surface area contributed by atoms with Crippen LogP contribution < -0.4 is 0 Å². The summed E-state index contributed by atoms with van der Waals surface area (Å²) >= 11 is 6.09. The highest BCUT2D eigenvalue weighted by Gasteiger charge is 2.20. The first-order valence-corrected chi connectivity index (χ1v) is 10.0. The van der Waals surface area contributed by atoms with Gasteiger partial charge in [-0.05, 0) is 30.5 Å². The molecule has 0 N–H and O–H groups in total. The summed E-state index contributed by atoms with van der Waals surface area (Å²) in [6.45, 7) is 0.182. The van der Waals surface area contributed by atoms with Gasteiger partial charge in [-0.25, -0.2) is 12.8 Å². The zero-order valence-corrected chi connectivity index (χ0v) is 14.6. The lowest BCUT2D eigenvalue weighted by molar-refractivity contribution is 0.0168. The van der Waals surface area contributed by atoms with Crippen LogP contribution in [0, 0.1) is 5.82 Å². The molecule has 1 aliphatic rings. The molecule has 0 aliphatic heterocycles. The second-order valence-corrected chi connectivity index (χ2v) is 8.54. The van der Waals surface area contributed by atoms with Crippen LogP contribution in [0.5, 0.6) is 0 Å².